The van der Waals surface area contributed by atoms with Crippen molar-refractivity contribution in [3.8, 4) is 0 Å². The molecule has 0 aliphatic heterocycles. The summed E-state index contributed by atoms with van der Waals surface area (Å²) in [6, 6.07) is 6.10. The second-order valence-corrected chi connectivity index (χ2v) is 6.90. The van der Waals surface area contributed by atoms with Crippen LogP contribution in [0.1, 0.15) is 27.7 Å². The Morgan fingerprint density at radius 2 is 2.06 bits per heavy atom. The number of benzene rings is 1. The number of nitrogen functional groups attached to an aromatic ring is 1. The molecule has 18 heavy (non-hydrogen) atoms. The molecule has 98 valence electrons. The van der Waals surface area contributed by atoms with E-state index in [2.05, 4.69) is 59.2 Å². The van der Waals surface area contributed by atoms with Crippen molar-refractivity contribution in [2.75, 3.05) is 5.73 Å². The van der Waals surface area contributed by atoms with Crippen LogP contribution in [0.25, 0.3) is 11.0 Å². The molecule has 2 N–H and O–H groups in total. The highest BCUT2D eigenvalue weighted by Crippen LogP contribution is 2.29. The van der Waals surface area contributed by atoms with Crippen molar-refractivity contribution in [2.45, 2.75) is 34.2 Å². The van der Waals surface area contributed by atoms with Gasteiger partial charge in [0, 0.05) is 11.0 Å². The summed E-state index contributed by atoms with van der Waals surface area (Å²) >= 11 is 3.46. The van der Waals surface area contributed by atoms with Crippen LogP contribution in [0.4, 0.5) is 5.95 Å². The maximum Gasteiger partial charge on any atom is 0.201 e. The van der Waals surface area contributed by atoms with Gasteiger partial charge in [0.25, 0.3) is 0 Å². The first-order valence-electron chi connectivity index (χ1n) is 6.20. The average molecular weight is 310 g/mol. The third kappa shape index (κ3) is 2.53. The van der Waals surface area contributed by atoms with Crippen LogP contribution in [0, 0.1) is 11.3 Å². The lowest BCUT2D eigenvalue weighted by Crippen LogP contribution is -2.23. The molecule has 1 atom stereocenters. The Hall–Kier alpha value is -1.03. The first kappa shape index (κ1) is 13.4. The molecule has 2 aromatic rings. The molecule has 0 fully saturated rings. The third-order valence-electron chi connectivity index (χ3n) is 3.67. The van der Waals surface area contributed by atoms with Gasteiger partial charge in [-0.3, -0.25) is 0 Å². The molecule has 1 aromatic carbocycles. The van der Waals surface area contributed by atoms with Gasteiger partial charge in [-0.25, -0.2) is 4.98 Å². The van der Waals surface area contributed by atoms with Crippen LogP contribution in [0.3, 0.4) is 0 Å². The summed E-state index contributed by atoms with van der Waals surface area (Å²) in [5, 5.41) is 0. The molecule has 4 heteroatoms. The normalized spacial score (nSPS) is 14.1. The Morgan fingerprint density at radius 3 is 2.67 bits per heavy atom. The van der Waals surface area contributed by atoms with Gasteiger partial charge in [-0.05, 0) is 29.5 Å². The highest BCUT2D eigenvalue weighted by Gasteiger charge is 2.22. The van der Waals surface area contributed by atoms with Crippen molar-refractivity contribution in [2.24, 2.45) is 11.3 Å². The zero-order valence-corrected chi connectivity index (χ0v) is 13.0. The zero-order valence-electron chi connectivity index (χ0n) is 11.4. The van der Waals surface area contributed by atoms with Crippen molar-refractivity contribution in [3.63, 3.8) is 0 Å². The lowest BCUT2D eigenvalue weighted by Gasteiger charge is -2.28. The smallest absolute Gasteiger partial charge is 0.201 e. The van der Waals surface area contributed by atoms with E-state index in [-0.39, 0.29) is 5.41 Å². The lowest BCUT2D eigenvalue weighted by molar-refractivity contribution is 0.236. The molecule has 2 rings (SSSR count). The van der Waals surface area contributed by atoms with Gasteiger partial charge in [0.15, 0.2) is 0 Å². The topological polar surface area (TPSA) is 43.8 Å². The molecule has 3 nitrogen and oxygen atoms in total. The van der Waals surface area contributed by atoms with Gasteiger partial charge < -0.3 is 10.3 Å². The Kier molecular flexibility index (Phi) is 3.41. The Labute approximate surface area is 117 Å². The van der Waals surface area contributed by atoms with E-state index in [0.717, 1.165) is 22.1 Å². The van der Waals surface area contributed by atoms with E-state index in [4.69, 9.17) is 5.73 Å². The molecule has 0 radical (unpaired) electrons. The molecular formula is C14H20BrN3. The van der Waals surface area contributed by atoms with Crippen LogP contribution < -0.4 is 5.73 Å². The summed E-state index contributed by atoms with van der Waals surface area (Å²) in [6.45, 7) is 9.91. The fraction of sp³-hybridized carbons (Fsp3) is 0.500. The largest absolute Gasteiger partial charge is 0.369 e. The van der Waals surface area contributed by atoms with Crippen molar-refractivity contribution in [1.82, 2.24) is 9.55 Å². The van der Waals surface area contributed by atoms with Gasteiger partial charge in [0.1, 0.15) is 0 Å². The quantitative estimate of drug-likeness (QED) is 0.909. The Balaban J connectivity index is 2.42. The Bertz CT molecular complexity index is 566. The van der Waals surface area contributed by atoms with E-state index in [9.17, 15) is 0 Å². The number of anilines is 1. The minimum absolute atomic E-state index is 0.262. The fourth-order valence-corrected chi connectivity index (χ4v) is 2.21. The SMILES string of the molecule is CC(Cn1c(N)nc2cc(Br)ccc21)C(C)(C)C. The molecule has 0 amide bonds. The van der Waals surface area contributed by atoms with E-state index in [1.807, 2.05) is 12.1 Å². The van der Waals surface area contributed by atoms with E-state index in [0.29, 0.717) is 11.9 Å². The van der Waals surface area contributed by atoms with Gasteiger partial charge in [-0.15, -0.1) is 0 Å². The number of aromatic nitrogens is 2. The number of rotatable bonds is 2. The second-order valence-electron chi connectivity index (χ2n) is 5.98. The summed E-state index contributed by atoms with van der Waals surface area (Å²) < 4.78 is 3.14. The molecule has 0 spiro atoms. The Morgan fingerprint density at radius 1 is 1.39 bits per heavy atom. The highest BCUT2D eigenvalue weighted by molar-refractivity contribution is 9.10. The number of halogens is 1. The monoisotopic (exact) mass is 309 g/mol. The van der Waals surface area contributed by atoms with E-state index < -0.39 is 0 Å². The van der Waals surface area contributed by atoms with Crippen LogP contribution in [-0.4, -0.2) is 9.55 Å². The minimum atomic E-state index is 0.262. The van der Waals surface area contributed by atoms with Gasteiger partial charge in [0.2, 0.25) is 5.95 Å². The summed E-state index contributed by atoms with van der Waals surface area (Å²) in [4.78, 5) is 4.42. The van der Waals surface area contributed by atoms with Crippen LogP contribution in [0.15, 0.2) is 22.7 Å². The number of hydrogen-bond donors (Lipinski definition) is 1. The number of nitrogens with zero attached hydrogens (tertiary/aromatic N) is 2. The molecule has 0 saturated carbocycles. The summed E-state index contributed by atoms with van der Waals surface area (Å²) in [5.41, 5.74) is 8.34. The van der Waals surface area contributed by atoms with Crippen molar-refractivity contribution >= 4 is 32.9 Å². The first-order valence-corrected chi connectivity index (χ1v) is 6.99. The van der Waals surface area contributed by atoms with Crippen LogP contribution in [-0.2, 0) is 6.54 Å². The molecule has 1 aromatic heterocycles. The van der Waals surface area contributed by atoms with Gasteiger partial charge in [-0.2, -0.15) is 0 Å². The molecule has 0 bridgehead atoms. The molecular weight excluding hydrogens is 290 g/mol. The van der Waals surface area contributed by atoms with Gasteiger partial charge >= 0.3 is 0 Å². The minimum Gasteiger partial charge on any atom is -0.369 e. The number of nitrogens with two attached hydrogens (primary N) is 1. The zero-order chi connectivity index (χ0) is 13.5. The predicted molar refractivity (Wildman–Crippen MR) is 80.5 cm³/mol. The van der Waals surface area contributed by atoms with Crippen LogP contribution in [0.2, 0.25) is 0 Å². The van der Waals surface area contributed by atoms with Crippen LogP contribution >= 0.6 is 15.9 Å². The van der Waals surface area contributed by atoms with Crippen molar-refractivity contribution < 1.29 is 0 Å². The number of imidazole rings is 1. The first-order chi connectivity index (χ1) is 8.29. The second kappa shape index (κ2) is 4.57. The summed E-state index contributed by atoms with van der Waals surface area (Å²) in [5.74, 6) is 1.13. The predicted octanol–water partition coefficient (Wildman–Crippen LogP) is 4.06. The molecule has 1 unspecified atom stereocenters. The molecule has 0 aliphatic rings. The number of fused-ring (bicyclic) bond motifs is 1. The lowest BCUT2D eigenvalue weighted by atomic mass is 9.82. The molecule has 0 aliphatic carbocycles. The maximum atomic E-state index is 6.03. The summed E-state index contributed by atoms with van der Waals surface area (Å²) in [7, 11) is 0. The highest BCUT2D eigenvalue weighted by atomic mass is 79.9. The third-order valence-corrected chi connectivity index (χ3v) is 4.17. The molecule has 1 heterocycles. The fourth-order valence-electron chi connectivity index (χ4n) is 1.86. The molecule has 0 saturated heterocycles. The van der Waals surface area contributed by atoms with Gasteiger partial charge in [-0.1, -0.05) is 43.6 Å². The summed E-state index contributed by atoms with van der Waals surface area (Å²) in [6.07, 6.45) is 0. The van der Waals surface area contributed by atoms with E-state index in [1.165, 1.54) is 0 Å². The standard InChI is InChI=1S/C14H20BrN3/c1-9(14(2,3)4)8-18-12-6-5-10(15)7-11(12)17-13(18)16/h5-7,9H,8H2,1-4H3,(H2,16,17). The van der Waals surface area contributed by atoms with Crippen molar-refractivity contribution in [1.29, 1.82) is 0 Å². The number of hydrogen-bond acceptors (Lipinski definition) is 2. The van der Waals surface area contributed by atoms with Crippen LogP contribution in [0.5, 0.6) is 0 Å². The van der Waals surface area contributed by atoms with Gasteiger partial charge in [0.05, 0.1) is 11.0 Å². The average Bonchev–Trinajstić information content (AvgIpc) is 2.53. The van der Waals surface area contributed by atoms with E-state index >= 15 is 0 Å². The van der Waals surface area contributed by atoms with E-state index in [1.54, 1.807) is 0 Å². The maximum absolute atomic E-state index is 6.03. The van der Waals surface area contributed by atoms with Crippen molar-refractivity contribution in [3.05, 3.63) is 22.7 Å².